The normalized spacial score (nSPS) is 25.3. The summed E-state index contributed by atoms with van der Waals surface area (Å²) in [4.78, 5) is 10.2. The summed E-state index contributed by atoms with van der Waals surface area (Å²) in [5.41, 5.74) is 0.313. The minimum absolute atomic E-state index is 0.313. The smallest absolute Gasteiger partial charge is 0.191 e. The molecule has 3 rings (SSSR count). The van der Waals surface area contributed by atoms with E-state index in [0.29, 0.717) is 5.54 Å². The van der Waals surface area contributed by atoms with Crippen molar-refractivity contribution in [3.8, 4) is 0 Å². The van der Waals surface area contributed by atoms with E-state index in [9.17, 15) is 0 Å². The highest BCUT2D eigenvalue weighted by Crippen LogP contribution is 2.37. The zero-order valence-corrected chi connectivity index (χ0v) is 17.3. The first kappa shape index (κ1) is 20.2. The van der Waals surface area contributed by atoms with Gasteiger partial charge in [-0.2, -0.15) is 11.8 Å². The van der Waals surface area contributed by atoms with E-state index < -0.39 is 0 Å². The number of morpholine rings is 1. The van der Waals surface area contributed by atoms with Gasteiger partial charge in [-0.1, -0.05) is 12.8 Å². The fourth-order valence-corrected chi connectivity index (χ4v) is 5.27. The van der Waals surface area contributed by atoms with E-state index >= 15 is 0 Å². The first-order chi connectivity index (χ1) is 12.8. The molecule has 2 heterocycles. The van der Waals surface area contributed by atoms with Crippen molar-refractivity contribution in [2.45, 2.75) is 38.1 Å². The molecule has 2 saturated heterocycles. The van der Waals surface area contributed by atoms with Gasteiger partial charge in [-0.15, -0.1) is 0 Å². The van der Waals surface area contributed by atoms with E-state index in [2.05, 4.69) is 39.1 Å². The van der Waals surface area contributed by atoms with Crippen LogP contribution in [0.4, 0.5) is 0 Å². The lowest BCUT2D eigenvalue weighted by Gasteiger charge is -2.42. The second kappa shape index (κ2) is 10.7. The van der Waals surface area contributed by atoms with Crippen molar-refractivity contribution < 1.29 is 4.74 Å². The number of thioether (sulfide) groups is 1. The highest BCUT2D eigenvalue weighted by atomic mass is 32.2. The third-order valence-corrected chi connectivity index (χ3v) is 6.86. The molecule has 0 atom stereocenters. The molecule has 2 N–H and O–H groups in total. The summed E-state index contributed by atoms with van der Waals surface area (Å²) < 4.78 is 5.43. The molecule has 3 aliphatic rings. The predicted molar refractivity (Wildman–Crippen MR) is 111 cm³/mol. The van der Waals surface area contributed by atoms with Crippen molar-refractivity contribution in [1.29, 1.82) is 0 Å². The van der Waals surface area contributed by atoms with Gasteiger partial charge in [0.15, 0.2) is 5.96 Å². The molecule has 7 heteroatoms. The van der Waals surface area contributed by atoms with Crippen LogP contribution < -0.4 is 10.6 Å². The fraction of sp³-hybridized carbons (Fsp3) is 0.947. The summed E-state index contributed by atoms with van der Waals surface area (Å²) in [6.07, 6.45) is 5.35. The summed E-state index contributed by atoms with van der Waals surface area (Å²) in [5.74, 6) is 3.55. The topological polar surface area (TPSA) is 52.1 Å². The van der Waals surface area contributed by atoms with Crippen LogP contribution in [0.3, 0.4) is 0 Å². The number of hydrogen-bond donors (Lipinski definition) is 2. The average molecular weight is 384 g/mol. The maximum absolute atomic E-state index is 5.43. The van der Waals surface area contributed by atoms with Gasteiger partial charge in [0.1, 0.15) is 0 Å². The Balaban J connectivity index is 1.52. The minimum atomic E-state index is 0.313. The first-order valence-electron chi connectivity index (χ1n) is 10.5. The maximum Gasteiger partial charge on any atom is 0.191 e. The summed E-state index contributed by atoms with van der Waals surface area (Å²) >= 11 is 2.10. The second-order valence-electron chi connectivity index (χ2n) is 7.61. The van der Waals surface area contributed by atoms with Crippen LogP contribution in [0.1, 0.15) is 32.6 Å². The van der Waals surface area contributed by atoms with Gasteiger partial charge in [-0.3, -0.25) is 14.8 Å². The third kappa shape index (κ3) is 5.75. The molecular weight excluding hydrogens is 346 g/mol. The molecule has 2 aliphatic heterocycles. The van der Waals surface area contributed by atoms with Crippen LogP contribution in [-0.2, 0) is 4.74 Å². The number of aliphatic imine (C=N–C) groups is 1. The minimum Gasteiger partial charge on any atom is -0.379 e. The van der Waals surface area contributed by atoms with Gasteiger partial charge in [0, 0.05) is 62.9 Å². The number of guanidine groups is 1. The Hall–Kier alpha value is -0.500. The van der Waals surface area contributed by atoms with Crippen molar-refractivity contribution >= 4 is 17.7 Å². The number of hydrogen-bond acceptors (Lipinski definition) is 5. The lowest BCUT2D eigenvalue weighted by atomic mass is 9.95. The molecule has 3 fully saturated rings. The van der Waals surface area contributed by atoms with Crippen LogP contribution >= 0.6 is 11.8 Å². The number of nitrogens with zero attached hydrogens (tertiary/aromatic N) is 3. The Morgan fingerprint density at radius 1 is 1.08 bits per heavy atom. The van der Waals surface area contributed by atoms with Crippen LogP contribution in [0.15, 0.2) is 4.99 Å². The van der Waals surface area contributed by atoms with Crippen molar-refractivity contribution in [2.75, 3.05) is 77.1 Å². The van der Waals surface area contributed by atoms with E-state index in [0.717, 1.165) is 58.4 Å². The van der Waals surface area contributed by atoms with Crippen LogP contribution in [0.25, 0.3) is 0 Å². The number of nitrogens with one attached hydrogen (secondary N) is 2. The Labute approximate surface area is 163 Å². The molecule has 26 heavy (non-hydrogen) atoms. The van der Waals surface area contributed by atoms with E-state index in [1.807, 2.05) is 0 Å². The first-order valence-corrected chi connectivity index (χ1v) is 11.6. The summed E-state index contributed by atoms with van der Waals surface area (Å²) in [5, 5.41) is 6.98. The van der Waals surface area contributed by atoms with Crippen LogP contribution in [0.5, 0.6) is 0 Å². The Kier molecular flexibility index (Phi) is 8.36. The highest BCUT2D eigenvalue weighted by Gasteiger charge is 2.39. The molecule has 0 aromatic rings. The molecule has 0 radical (unpaired) electrons. The zero-order valence-electron chi connectivity index (χ0n) is 16.5. The van der Waals surface area contributed by atoms with Gasteiger partial charge >= 0.3 is 0 Å². The standard InChI is InChI=1S/C19H37N5OS/c1-2-20-18(21-7-8-23-9-13-25-14-10-23)22-17-19(5-3-4-6-19)24-11-15-26-16-12-24/h2-17H2,1H3,(H2,20,21,22). The number of ether oxygens (including phenoxy) is 1. The largest absolute Gasteiger partial charge is 0.379 e. The van der Waals surface area contributed by atoms with Crippen molar-refractivity contribution in [2.24, 2.45) is 4.99 Å². The molecule has 0 amide bonds. The van der Waals surface area contributed by atoms with E-state index in [1.165, 1.54) is 50.3 Å². The van der Waals surface area contributed by atoms with Crippen LogP contribution in [0.2, 0.25) is 0 Å². The van der Waals surface area contributed by atoms with Gasteiger partial charge in [0.2, 0.25) is 0 Å². The van der Waals surface area contributed by atoms with E-state index in [-0.39, 0.29) is 0 Å². The Bertz CT molecular complexity index is 430. The van der Waals surface area contributed by atoms with Crippen molar-refractivity contribution in [3.05, 3.63) is 0 Å². The summed E-state index contributed by atoms with van der Waals surface area (Å²) in [6, 6.07) is 0. The molecule has 1 saturated carbocycles. The summed E-state index contributed by atoms with van der Waals surface area (Å²) in [6.45, 7) is 12.3. The molecule has 0 unspecified atom stereocenters. The van der Waals surface area contributed by atoms with E-state index in [1.54, 1.807) is 0 Å². The van der Waals surface area contributed by atoms with Crippen molar-refractivity contribution in [1.82, 2.24) is 20.4 Å². The Morgan fingerprint density at radius 3 is 2.50 bits per heavy atom. The molecule has 0 spiro atoms. The molecule has 6 nitrogen and oxygen atoms in total. The zero-order chi connectivity index (χ0) is 18.1. The Morgan fingerprint density at radius 2 is 1.81 bits per heavy atom. The van der Waals surface area contributed by atoms with Crippen molar-refractivity contribution in [3.63, 3.8) is 0 Å². The van der Waals surface area contributed by atoms with Gasteiger partial charge in [-0.25, -0.2) is 0 Å². The molecule has 1 aliphatic carbocycles. The van der Waals surface area contributed by atoms with Gasteiger partial charge in [0.05, 0.1) is 19.8 Å². The fourth-order valence-electron chi connectivity index (χ4n) is 4.37. The SMILES string of the molecule is CCNC(=NCC1(N2CCSCC2)CCCC1)NCCN1CCOCC1. The van der Waals surface area contributed by atoms with Gasteiger partial charge < -0.3 is 15.4 Å². The van der Waals surface area contributed by atoms with E-state index in [4.69, 9.17) is 9.73 Å². The molecular formula is C19H37N5OS. The molecule has 0 bridgehead atoms. The van der Waals surface area contributed by atoms with Gasteiger partial charge in [0.25, 0.3) is 0 Å². The maximum atomic E-state index is 5.43. The lowest BCUT2D eigenvalue weighted by Crippen LogP contribution is -2.53. The van der Waals surface area contributed by atoms with Crippen LogP contribution in [0, 0.1) is 0 Å². The third-order valence-electron chi connectivity index (χ3n) is 5.92. The van der Waals surface area contributed by atoms with Gasteiger partial charge in [-0.05, 0) is 19.8 Å². The average Bonchev–Trinajstić information content (AvgIpc) is 3.18. The predicted octanol–water partition coefficient (Wildman–Crippen LogP) is 1.24. The second-order valence-corrected chi connectivity index (χ2v) is 8.83. The lowest BCUT2D eigenvalue weighted by molar-refractivity contribution is 0.0389. The molecule has 0 aromatic heterocycles. The molecule has 150 valence electrons. The highest BCUT2D eigenvalue weighted by molar-refractivity contribution is 7.99. The molecule has 0 aromatic carbocycles. The monoisotopic (exact) mass is 383 g/mol. The summed E-state index contributed by atoms with van der Waals surface area (Å²) in [7, 11) is 0. The quantitative estimate of drug-likeness (QED) is 0.510. The number of rotatable bonds is 7. The van der Waals surface area contributed by atoms with Crippen LogP contribution in [-0.4, -0.2) is 98.4 Å².